The monoisotopic (exact) mass is 295 g/mol. The van der Waals surface area contributed by atoms with Crippen molar-refractivity contribution in [1.29, 1.82) is 0 Å². The molecule has 1 atom stereocenters. The lowest BCUT2D eigenvalue weighted by Gasteiger charge is -2.23. The molecule has 0 spiro atoms. The quantitative estimate of drug-likeness (QED) is 0.760. The minimum atomic E-state index is -0.179. The molecule has 1 aromatic carbocycles. The van der Waals surface area contributed by atoms with E-state index in [9.17, 15) is 0 Å². The highest BCUT2D eigenvalue weighted by atomic mass is 16.5. The molecule has 0 aliphatic rings. The Morgan fingerprint density at radius 2 is 1.90 bits per heavy atom. The van der Waals surface area contributed by atoms with Crippen LogP contribution in [0.4, 0.5) is 0 Å². The van der Waals surface area contributed by atoms with Crippen molar-refractivity contribution in [2.75, 3.05) is 20.8 Å². The molecule has 4 nitrogen and oxygen atoms in total. The van der Waals surface area contributed by atoms with E-state index in [1.807, 2.05) is 26.0 Å². The molecule has 0 saturated heterocycles. The smallest absolute Gasteiger partial charge is 0.161 e. The standard InChI is InChI=1S/C17H29NO3/c1-6-14(18)11-13-7-8-15(16(12-13)19-4)21-10-9-17(2,3)20-5/h7-8,12,14H,6,9-11,18H2,1-5H3. The van der Waals surface area contributed by atoms with Crippen LogP contribution in [0.1, 0.15) is 39.2 Å². The molecule has 0 bridgehead atoms. The highest BCUT2D eigenvalue weighted by Gasteiger charge is 2.16. The van der Waals surface area contributed by atoms with E-state index < -0.39 is 0 Å². The van der Waals surface area contributed by atoms with Crippen molar-refractivity contribution in [2.24, 2.45) is 5.73 Å². The van der Waals surface area contributed by atoms with Crippen molar-refractivity contribution >= 4 is 0 Å². The summed E-state index contributed by atoms with van der Waals surface area (Å²) in [7, 11) is 3.37. The van der Waals surface area contributed by atoms with Gasteiger partial charge in [-0.3, -0.25) is 0 Å². The third-order valence-electron chi connectivity index (χ3n) is 3.76. The molecule has 120 valence electrons. The van der Waals surface area contributed by atoms with Crippen LogP contribution in [0.25, 0.3) is 0 Å². The minimum Gasteiger partial charge on any atom is -0.493 e. The Balaban J connectivity index is 2.66. The predicted octanol–water partition coefficient (Wildman–Crippen LogP) is 3.17. The topological polar surface area (TPSA) is 53.7 Å². The van der Waals surface area contributed by atoms with E-state index in [-0.39, 0.29) is 11.6 Å². The van der Waals surface area contributed by atoms with Gasteiger partial charge in [-0.1, -0.05) is 13.0 Å². The van der Waals surface area contributed by atoms with Crippen LogP contribution in [0.2, 0.25) is 0 Å². The average molecular weight is 295 g/mol. The van der Waals surface area contributed by atoms with Gasteiger partial charge in [0.05, 0.1) is 19.3 Å². The molecule has 0 fully saturated rings. The normalized spacial score (nSPS) is 13.0. The Hall–Kier alpha value is -1.26. The van der Waals surface area contributed by atoms with E-state index >= 15 is 0 Å². The molecule has 0 amide bonds. The molecule has 0 aliphatic heterocycles. The first-order chi connectivity index (χ1) is 9.91. The van der Waals surface area contributed by atoms with E-state index in [4.69, 9.17) is 19.9 Å². The van der Waals surface area contributed by atoms with Gasteiger partial charge < -0.3 is 19.9 Å². The second-order valence-corrected chi connectivity index (χ2v) is 5.92. The molecule has 21 heavy (non-hydrogen) atoms. The van der Waals surface area contributed by atoms with Gasteiger partial charge in [-0.15, -0.1) is 0 Å². The van der Waals surface area contributed by atoms with Gasteiger partial charge in [0, 0.05) is 19.6 Å². The second-order valence-electron chi connectivity index (χ2n) is 5.92. The summed E-state index contributed by atoms with van der Waals surface area (Å²) in [6.07, 6.45) is 2.63. The van der Waals surface area contributed by atoms with Gasteiger partial charge in [0.25, 0.3) is 0 Å². The van der Waals surface area contributed by atoms with Crippen molar-refractivity contribution < 1.29 is 14.2 Å². The Bertz CT molecular complexity index is 432. The Labute approximate surface area is 128 Å². The van der Waals surface area contributed by atoms with Crippen molar-refractivity contribution in [1.82, 2.24) is 0 Å². The van der Waals surface area contributed by atoms with Crippen LogP contribution in [-0.4, -0.2) is 32.5 Å². The van der Waals surface area contributed by atoms with Crippen molar-refractivity contribution in [3.63, 3.8) is 0 Å². The predicted molar refractivity (Wildman–Crippen MR) is 86.2 cm³/mol. The third kappa shape index (κ3) is 5.94. The Morgan fingerprint density at radius 3 is 2.48 bits per heavy atom. The zero-order chi connectivity index (χ0) is 15.9. The Kier molecular flexibility index (Phi) is 6.99. The van der Waals surface area contributed by atoms with E-state index in [0.29, 0.717) is 6.61 Å². The van der Waals surface area contributed by atoms with E-state index in [2.05, 4.69) is 13.0 Å². The van der Waals surface area contributed by atoms with Crippen LogP contribution < -0.4 is 15.2 Å². The van der Waals surface area contributed by atoms with Gasteiger partial charge in [-0.05, 0) is 44.4 Å². The lowest BCUT2D eigenvalue weighted by Crippen LogP contribution is -2.25. The Morgan fingerprint density at radius 1 is 1.19 bits per heavy atom. The van der Waals surface area contributed by atoms with Crippen LogP contribution >= 0.6 is 0 Å². The lowest BCUT2D eigenvalue weighted by atomic mass is 10.0. The summed E-state index contributed by atoms with van der Waals surface area (Å²) in [6.45, 7) is 6.77. The molecule has 2 N–H and O–H groups in total. The number of nitrogens with two attached hydrogens (primary N) is 1. The maximum absolute atomic E-state index is 5.99. The minimum absolute atomic E-state index is 0.179. The largest absolute Gasteiger partial charge is 0.493 e. The molecule has 0 radical (unpaired) electrons. The molecular weight excluding hydrogens is 266 g/mol. The molecule has 1 rings (SSSR count). The fourth-order valence-electron chi connectivity index (χ4n) is 1.91. The van der Waals surface area contributed by atoms with Crippen LogP contribution in [0.5, 0.6) is 11.5 Å². The van der Waals surface area contributed by atoms with Crippen LogP contribution in [0.15, 0.2) is 18.2 Å². The molecule has 1 aromatic rings. The number of ether oxygens (including phenoxy) is 3. The molecule has 4 heteroatoms. The van der Waals surface area contributed by atoms with Crippen molar-refractivity contribution in [3.8, 4) is 11.5 Å². The second kappa shape index (κ2) is 8.25. The summed E-state index contributed by atoms with van der Waals surface area (Å²) < 4.78 is 16.6. The maximum atomic E-state index is 5.99. The molecule has 0 heterocycles. The zero-order valence-corrected chi connectivity index (χ0v) is 13.9. The van der Waals surface area contributed by atoms with E-state index in [0.717, 1.165) is 30.8 Å². The van der Waals surface area contributed by atoms with E-state index in [1.165, 1.54) is 5.56 Å². The summed E-state index contributed by atoms with van der Waals surface area (Å²) >= 11 is 0. The van der Waals surface area contributed by atoms with Gasteiger partial charge in [0.2, 0.25) is 0 Å². The van der Waals surface area contributed by atoms with Crippen LogP contribution in [0, 0.1) is 0 Å². The summed E-state index contributed by atoms with van der Waals surface area (Å²) in [5.74, 6) is 1.52. The first kappa shape index (κ1) is 17.8. The van der Waals surface area contributed by atoms with Crippen LogP contribution in [-0.2, 0) is 11.2 Å². The summed E-state index contributed by atoms with van der Waals surface area (Å²) in [4.78, 5) is 0. The third-order valence-corrected chi connectivity index (χ3v) is 3.76. The number of hydrogen-bond acceptors (Lipinski definition) is 4. The first-order valence-electron chi connectivity index (χ1n) is 7.52. The fraction of sp³-hybridized carbons (Fsp3) is 0.647. The average Bonchev–Trinajstić information content (AvgIpc) is 2.48. The number of hydrogen-bond donors (Lipinski definition) is 1. The van der Waals surface area contributed by atoms with Gasteiger partial charge in [-0.25, -0.2) is 0 Å². The molecular formula is C17H29NO3. The lowest BCUT2D eigenvalue weighted by molar-refractivity contribution is 0.00525. The first-order valence-corrected chi connectivity index (χ1v) is 7.52. The van der Waals surface area contributed by atoms with E-state index in [1.54, 1.807) is 14.2 Å². The van der Waals surface area contributed by atoms with Gasteiger partial charge in [-0.2, -0.15) is 0 Å². The summed E-state index contributed by atoms with van der Waals surface area (Å²) in [5, 5.41) is 0. The number of methoxy groups -OCH3 is 2. The summed E-state index contributed by atoms with van der Waals surface area (Å²) in [5.41, 5.74) is 6.98. The van der Waals surface area contributed by atoms with Crippen molar-refractivity contribution in [2.45, 2.75) is 51.7 Å². The number of rotatable bonds is 9. The fourth-order valence-corrected chi connectivity index (χ4v) is 1.91. The molecule has 0 aromatic heterocycles. The molecule has 0 saturated carbocycles. The van der Waals surface area contributed by atoms with Gasteiger partial charge >= 0.3 is 0 Å². The van der Waals surface area contributed by atoms with Crippen LogP contribution in [0.3, 0.4) is 0 Å². The SMILES string of the molecule is CCC(N)Cc1ccc(OCCC(C)(C)OC)c(OC)c1. The molecule has 0 aliphatic carbocycles. The molecule has 1 unspecified atom stereocenters. The summed E-state index contributed by atoms with van der Waals surface area (Å²) in [6, 6.07) is 6.20. The van der Waals surface area contributed by atoms with Gasteiger partial charge in [0.15, 0.2) is 11.5 Å². The van der Waals surface area contributed by atoms with Crippen molar-refractivity contribution in [3.05, 3.63) is 23.8 Å². The zero-order valence-electron chi connectivity index (χ0n) is 13.9. The van der Waals surface area contributed by atoms with Gasteiger partial charge in [0.1, 0.15) is 0 Å². The highest BCUT2D eigenvalue weighted by Crippen LogP contribution is 2.29. The highest BCUT2D eigenvalue weighted by molar-refractivity contribution is 5.43. The maximum Gasteiger partial charge on any atom is 0.161 e. The number of benzene rings is 1.